The lowest BCUT2D eigenvalue weighted by Gasteiger charge is -2.43. The van der Waals surface area contributed by atoms with E-state index in [9.17, 15) is 9.59 Å². The zero-order valence-corrected chi connectivity index (χ0v) is 18.8. The number of carboxylic acids is 1. The lowest BCUT2D eigenvalue weighted by molar-refractivity contribution is -0.142. The van der Waals surface area contributed by atoms with Gasteiger partial charge in [-0.3, -0.25) is 9.59 Å². The number of rotatable bonds is 8. The minimum atomic E-state index is -2.63. The fourth-order valence-corrected chi connectivity index (χ4v) is 8.94. The minimum absolute atomic E-state index is 0.0643. The van der Waals surface area contributed by atoms with Crippen LogP contribution < -0.4 is 10.4 Å². The van der Waals surface area contributed by atoms with Gasteiger partial charge in [0.15, 0.2) is 5.78 Å². The predicted molar refractivity (Wildman–Crippen MR) is 119 cm³/mol. The van der Waals surface area contributed by atoms with E-state index in [4.69, 9.17) is 14.3 Å². The van der Waals surface area contributed by atoms with Crippen molar-refractivity contribution in [1.29, 1.82) is 0 Å². The first-order chi connectivity index (χ1) is 14.2. The average Bonchev–Trinajstić information content (AvgIpc) is 3.18. The second-order valence-electron chi connectivity index (χ2n) is 8.93. The van der Waals surface area contributed by atoms with Crippen LogP contribution in [0.4, 0.5) is 0 Å². The first-order valence-corrected chi connectivity index (χ1v) is 12.3. The molecule has 30 heavy (non-hydrogen) atoms. The molecule has 0 spiro atoms. The molecule has 0 aliphatic carbocycles. The minimum Gasteiger partial charge on any atom is -0.481 e. The number of carboxylic acid groups (broad SMARTS) is 1. The van der Waals surface area contributed by atoms with Crippen molar-refractivity contribution in [3.63, 3.8) is 0 Å². The molecule has 1 saturated heterocycles. The molecule has 2 aromatic rings. The van der Waals surface area contributed by atoms with Gasteiger partial charge >= 0.3 is 5.97 Å². The van der Waals surface area contributed by atoms with Gasteiger partial charge < -0.3 is 14.3 Å². The van der Waals surface area contributed by atoms with Crippen LogP contribution in [0.1, 0.15) is 33.6 Å². The zero-order valence-electron chi connectivity index (χ0n) is 17.8. The van der Waals surface area contributed by atoms with E-state index in [1.807, 2.05) is 12.1 Å². The standard InChI is InChI=1S/C24H30O5Si/c1-24(2,3)30(19-10-6-4-7-11-19,20-12-8-5-9-13-20)29-17-18-14-22(28-16-18)21(25)15-23(26)27/h4-13,18,22H,14-17H2,1-3H3,(H,26,27). The van der Waals surface area contributed by atoms with Crippen LogP contribution in [0.15, 0.2) is 60.7 Å². The number of hydrogen-bond acceptors (Lipinski definition) is 4. The molecule has 160 valence electrons. The number of hydrogen-bond donors (Lipinski definition) is 1. The number of carbonyl (C=O) groups excluding carboxylic acids is 1. The highest BCUT2D eigenvalue weighted by atomic mass is 28.4. The Hall–Kier alpha value is -2.28. The van der Waals surface area contributed by atoms with E-state index in [0.29, 0.717) is 19.6 Å². The zero-order chi connectivity index (χ0) is 21.8. The van der Waals surface area contributed by atoms with E-state index in [2.05, 4.69) is 69.3 Å². The molecule has 0 bridgehead atoms. The number of Topliss-reactive ketones (excluding diaryl/α,β-unsaturated/α-hetero) is 1. The predicted octanol–water partition coefficient (Wildman–Crippen LogP) is 3.01. The maximum Gasteiger partial charge on any atom is 0.310 e. The second kappa shape index (κ2) is 9.25. The number of carbonyl (C=O) groups is 2. The Bertz CT molecular complexity index is 821. The summed E-state index contributed by atoms with van der Waals surface area (Å²) in [6.45, 7) is 7.56. The molecule has 0 aromatic heterocycles. The molecular formula is C24H30O5Si. The van der Waals surface area contributed by atoms with Crippen LogP contribution in [0, 0.1) is 5.92 Å². The van der Waals surface area contributed by atoms with Crippen LogP contribution >= 0.6 is 0 Å². The number of ether oxygens (including phenoxy) is 1. The summed E-state index contributed by atoms with van der Waals surface area (Å²) in [4.78, 5) is 22.9. The quantitative estimate of drug-likeness (QED) is 0.519. The first kappa shape index (κ1) is 22.4. The summed E-state index contributed by atoms with van der Waals surface area (Å²) in [7, 11) is -2.63. The number of ketones is 1. The highest BCUT2D eigenvalue weighted by Crippen LogP contribution is 2.37. The monoisotopic (exact) mass is 426 g/mol. The molecule has 1 aliphatic rings. The van der Waals surface area contributed by atoms with Crippen molar-refractivity contribution in [3.8, 4) is 0 Å². The molecule has 2 atom stereocenters. The van der Waals surface area contributed by atoms with Crippen LogP contribution in [0.25, 0.3) is 0 Å². The number of benzene rings is 2. The summed E-state index contributed by atoms with van der Waals surface area (Å²) in [6.07, 6.45) is -0.633. The molecule has 6 heteroatoms. The van der Waals surface area contributed by atoms with Crippen molar-refractivity contribution in [1.82, 2.24) is 0 Å². The van der Waals surface area contributed by atoms with Gasteiger partial charge in [-0.1, -0.05) is 81.4 Å². The molecule has 0 amide bonds. The fraction of sp³-hybridized carbons (Fsp3) is 0.417. The van der Waals surface area contributed by atoms with Gasteiger partial charge in [0.2, 0.25) is 0 Å². The van der Waals surface area contributed by atoms with Gasteiger partial charge in [0.1, 0.15) is 12.5 Å². The third-order valence-electron chi connectivity index (χ3n) is 5.72. The van der Waals surface area contributed by atoms with Crippen LogP contribution in [0.5, 0.6) is 0 Å². The van der Waals surface area contributed by atoms with Crippen molar-refractivity contribution in [3.05, 3.63) is 60.7 Å². The van der Waals surface area contributed by atoms with E-state index in [0.717, 1.165) is 0 Å². The molecule has 1 N–H and O–H groups in total. The first-order valence-electron chi connectivity index (χ1n) is 10.3. The van der Waals surface area contributed by atoms with Crippen molar-refractivity contribution in [2.45, 2.75) is 44.8 Å². The molecule has 3 rings (SSSR count). The number of aliphatic carboxylic acids is 1. The van der Waals surface area contributed by atoms with Gasteiger partial charge in [0, 0.05) is 12.5 Å². The topological polar surface area (TPSA) is 72.8 Å². The lowest BCUT2D eigenvalue weighted by atomic mass is 10.0. The summed E-state index contributed by atoms with van der Waals surface area (Å²) >= 11 is 0. The van der Waals surface area contributed by atoms with Crippen LogP contribution in [-0.4, -0.2) is 44.5 Å². The second-order valence-corrected chi connectivity index (χ2v) is 13.2. The molecule has 0 saturated carbocycles. The van der Waals surface area contributed by atoms with E-state index < -0.39 is 26.8 Å². The van der Waals surface area contributed by atoms with Crippen LogP contribution in [0.3, 0.4) is 0 Å². The van der Waals surface area contributed by atoms with Crippen molar-refractivity contribution >= 4 is 30.4 Å². The molecule has 5 nitrogen and oxygen atoms in total. The van der Waals surface area contributed by atoms with Gasteiger partial charge in [-0.25, -0.2) is 0 Å². The SMILES string of the molecule is CC(C)(C)[Si](OCC1COC(C(=O)CC(=O)O)C1)(c1ccccc1)c1ccccc1. The van der Waals surface area contributed by atoms with Gasteiger partial charge in [0.05, 0.1) is 6.61 Å². The summed E-state index contributed by atoms with van der Waals surface area (Å²) in [6, 6.07) is 20.8. The molecule has 2 aromatic carbocycles. The van der Waals surface area contributed by atoms with Gasteiger partial charge in [-0.05, 0) is 21.8 Å². The smallest absolute Gasteiger partial charge is 0.310 e. The summed E-state index contributed by atoms with van der Waals surface area (Å²) in [5.41, 5.74) is 0. The Kier molecular flexibility index (Phi) is 6.90. The normalized spacial score (nSPS) is 19.6. The van der Waals surface area contributed by atoms with Crippen LogP contribution in [0.2, 0.25) is 5.04 Å². The Morgan fingerprint density at radius 1 is 1.03 bits per heavy atom. The largest absolute Gasteiger partial charge is 0.481 e. The Morgan fingerprint density at radius 3 is 2.03 bits per heavy atom. The molecule has 0 radical (unpaired) electrons. The third kappa shape index (κ3) is 4.72. The van der Waals surface area contributed by atoms with Crippen molar-refractivity contribution in [2.24, 2.45) is 5.92 Å². The van der Waals surface area contributed by atoms with Crippen molar-refractivity contribution in [2.75, 3.05) is 13.2 Å². The van der Waals surface area contributed by atoms with Crippen LogP contribution in [-0.2, 0) is 18.8 Å². The van der Waals surface area contributed by atoms with Gasteiger partial charge in [-0.2, -0.15) is 0 Å². The van der Waals surface area contributed by atoms with E-state index >= 15 is 0 Å². The lowest BCUT2D eigenvalue weighted by Crippen LogP contribution is -2.66. The molecular weight excluding hydrogens is 396 g/mol. The van der Waals surface area contributed by atoms with E-state index in [1.165, 1.54) is 10.4 Å². The molecule has 1 fully saturated rings. The summed E-state index contributed by atoms with van der Waals surface area (Å²) < 4.78 is 12.5. The summed E-state index contributed by atoms with van der Waals surface area (Å²) in [5.74, 6) is -1.42. The highest BCUT2D eigenvalue weighted by molar-refractivity contribution is 6.99. The third-order valence-corrected chi connectivity index (χ3v) is 10.7. The maximum absolute atomic E-state index is 12.1. The molecule has 1 heterocycles. The van der Waals surface area contributed by atoms with E-state index in [1.54, 1.807) is 0 Å². The maximum atomic E-state index is 12.1. The van der Waals surface area contributed by atoms with Crippen molar-refractivity contribution < 1.29 is 23.9 Å². The van der Waals surface area contributed by atoms with Gasteiger partial charge in [0.25, 0.3) is 8.32 Å². The fourth-order valence-electron chi connectivity index (χ4n) is 4.30. The highest BCUT2D eigenvalue weighted by Gasteiger charge is 2.50. The Labute approximate surface area is 179 Å². The average molecular weight is 427 g/mol. The summed E-state index contributed by atoms with van der Waals surface area (Å²) in [5, 5.41) is 11.2. The Balaban J connectivity index is 1.86. The molecule has 2 unspecified atom stereocenters. The van der Waals surface area contributed by atoms with E-state index in [-0.39, 0.29) is 16.7 Å². The Morgan fingerprint density at radius 2 is 1.57 bits per heavy atom. The van der Waals surface area contributed by atoms with Gasteiger partial charge in [-0.15, -0.1) is 0 Å². The molecule has 1 aliphatic heterocycles.